The molecule has 0 fully saturated rings. The fourth-order valence-corrected chi connectivity index (χ4v) is 2.11. The maximum Gasteiger partial charge on any atom is 0.128 e. The summed E-state index contributed by atoms with van der Waals surface area (Å²) in [7, 11) is 0. The lowest BCUT2D eigenvalue weighted by Crippen LogP contribution is -2.28. The summed E-state index contributed by atoms with van der Waals surface area (Å²) in [6.07, 6.45) is 0.0732. The molecule has 88 valence electrons. The van der Waals surface area contributed by atoms with E-state index in [0.717, 1.165) is 16.9 Å². The summed E-state index contributed by atoms with van der Waals surface area (Å²) < 4.78 is 5.74. The van der Waals surface area contributed by atoms with E-state index in [1.54, 1.807) is 0 Å². The van der Waals surface area contributed by atoms with Gasteiger partial charge in [0.2, 0.25) is 0 Å². The van der Waals surface area contributed by atoms with E-state index in [4.69, 9.17) is 10.5 Å². The van der Waals surface area contributed by atoms with Gasteiger partial charge >= 0.3 is 0 Å². The second kappa shape index (κ2) is 4.44. The molecule has 1 aliphatic heterocycles. The molecule has 0 saturated carbocycles. The zero-order chi connectivity index (χ0) is 11.7. The standard InChI is InChI=1S/C13H19NO2/c1-8(2)9-4-3-5-10-12(15)11(14)6-7-16-13(9)10/h3-5,8,11-12,15H,6-7,14H2,1-2H3. The van der Waals surface area contributed by atoms with Crippen LogP contribution in [0.15, 0.2) is 18.2 Å². The molecule has 1 aromatic rings. The second-order valence-corrected chi connectivity index (χ2v) is 4.67. The molecule has 16 heavy (non-hydrogen) atoms. The Kier molecular flexibility index (Phi) is 3.17. The Morgan fingerprint density at radius 3 is 2.88 bits per heavy atom. The molecule has 1 aromatic carbocycles. The number of rotatable bonds is 1. The maximum absolute atomic E-state index is 10.1. The maximum atomic E-state index is 10.1. The third-order valence-electron chi connectivity index (χ3n) is 3.12. The van der Waals surface area contributed by atoms with Crippen molar-refractivity contribution in [1.29, 1.82) is 0 Å². The number of nitrogens with two attached hydrogens (primary N) is 1. The predicted octanol–water partition coefficient (Wildman–Crippen LogP) is 1.95. The van der Waals surface area contributed by atoms with Gasteiger partial charge in [0.1, 0.15) is 5.75 Å². The van der Waals surface area contributed by atoms with Crippen LogP contribution in [0.5, 0.6) is 5.75 Å². The average molecular weight is 221 g/mol. The highest BCUT2D eigenvalue weighted by molar-refractivity contribution is 5.45. The van der Waals surface area contributed by atoms with Crippen LogP contribution in [0.4, 0.5) is 0 Å². The van der Waals surface area contributed by atoms with Crippen LogP contribution in [0.2, 0.25) is 0 Å². The Hall–Kier alpha value is -1.06. The molecule has 0 aliphatic carbocycles. The summed E-state index contributed by atoms with van der Waals surface area (Å²) in [6, 6.07) is 5.67. The SMILES string of the molecule is CC(C)c1cccc2c1OCCC(N)C2O. The van der Waals surface area contributed by atoms with Gasteiger partial charge in [-0.3, -0.25) is 0 Å². The van der Waals surface area contributed by atoms with Crippen molar-refractivity contribution in [2.75, 3.05) is 6.61 Å². The number of ether oxygens (including phenoxy) is 1. The van der Waals surface area contributed by atoms with Gasteiger partial charge < -0.3 is 15.6 Å². The number of hydrogen-bond acceptors (Lipinski definition) is 3. The van der Waals surface area contributed by atoms with Crippen molar-refractivity contribution in [3.63, 3.8) is 0 Å². The van der Waals surface area contributed by atoms with Crippen molar-refractivity contribution < 1.29 is 9.84 Å². The highest BCUT2D eigenvalue weighted by atomic mass is 16.5. The Balaban J connectivity index is 2.49. The van der Waals surface area contributed by atoms with Gasteiger partial charge in [0, 0.05) is 11.6 Å². The van der Waals surface area contributed by atoms with E-state index >= 15 is 0 Å². The fraction of sp³-hybridized carbons (Fsp3) is 0.538. The third kappa shape index (κ3) is 1.93. The van der Waals surface area contributed by atoms with E-state index < -0.39 is 6.10 Å². The van der Waals surface area contributed by atoms with Gasteiger partial charge in [-0.2, -0.15) is 0 Å². The molecule has 3 heteroatoms. The summed E-state index contributed by atoms with van der Waals surface area (Å²) in [6.45, 7) is 4.82. The number of hydrogen-bond donors (Lipinski definition) is 2. The van der Waals surface area contributed by atoms with E-state index in [0.29, 0.717) is 18.9 Å². The first-order valence-electron chi connectivity index (χ1n) is 5.80. The van der Waals surface area contributed by atoms with Crippen LogP contribution >= 0.6 is 0 Å². The van der Waals surface area contributed by atoms with Gasteiger partial charge in [-0.15, -0.1) is 0 Å². The third-order valence-corrected chi connectivity index (χ3v) is 3.12. The van der Waals surface area contributed by atoms with Crippen LogP contribution in [0.3, 0.4) is 0 Å². The van der Waals surface area contributed by atoms with E-state index in [9.17, 15) is 5.11 Å². The number of para-hydroxylation sites is 1. The lowest BCUT2D eigenvalue weighted by Gasteiger charge is -2.18. The monoisotopic (exact) mass is 221 g/mol. The lowest BCUT2D eigenvalue weighted by molar-refractivity contribution is 0.145. The fourth-order valence-electron chi connectivity index (χ4n) is 2.11. The van der Waals surface area contributed by atoms with E-state index in [1.807, 2.05) is 18.2 Å². The molecule has 0 spiro atoms. The molecule has 0 saturated heterocycles. The Labute approximate surface area is 96.2 Å². The summed E-state index contributed by atoms with van der Waals surface area (Å²) in [5.74, 6) is 1.22. The zero-order valence-corrected chi connectivity index (χ0v) is 9.81. The molecule has 3 N–H and O–H groups in total. The van der Waals surface area contributed by atoms with Crippen molar-refractivity contribution in [3.05, 3.63) is 29.3 Å². The minimum atomic E-state index is -0.615. The van der Waals surface area contributed by atoms with Crippen molar-refractivity contribution in [2.45, 2.75) is 38.3 Å². The highest BCUT2D eigenvalue weighted by Gasteiger charge is 2.26. The lowest BCUT2D eigenvalue weighted by atomic mass is 9.94. The molecule has 1 heterocycles. The first-order chi connectivity index (χ1) is 7.61. The molecule has 2 atom stereocenters. The summed E-state index contributed by atoms with van der Waals surface area (Å²) in [5.41, 5.74) is 7.86. The largest absolute Gasteiger partial charge is 0.493 e. The normalized spacial score (nSPS) is 24.8. The molecular weight excluding hydrogens is 202 g/mol. The molecular formula is C13H19NO2. The average Bonchev–Trinajstić information content (AvgIpc) is 2.40. The zero-order valence-electron chi connectivity index (χ0n) is 9.81. The quantitative estimate of drug-likeness (QED) is 0.762. The molecule has 2 unspecified atom stereocenters. The van der Waals surface area contributed by atoms with Gasteiger partial charge in [-0.1, -0.05) is 32.0 Å². The van der Waals surface area contributed by atoms with Gasteiger partial charge in [0.05, 0.1) is 12.7 Å². The summed E-state index contributed by atoms with van der Waals surface area (Å²) in [5, 5.41) is 10.1. The van der Waals surface area contributed by atoms with Crippen molar-refractivity contribution in [2.24, 2.45) is 5.73 Å². The number of fused-ring (bicyclic) bond motifs is 1. The summed E-state index contributed by atoms with van der Waals surface area (Å²) in [4.78, 5) is 0. The van der Waals surface area contributed by atoms with Crippen molar-refractivity contribution in [3.8, 4) is 5.75 Å². The van der Waals surface area contributed by atoms with Gasteiger partial charge in [0.15, 0.2) is 0 Å². The Bertz CT molecular complexity index is 376. The number of benzene rings is 1. The van der Waals surface area contributed by atoms with Gasteiger partial charge in [-0.25, -0.2) is 0 Å². The topological polar surface area (TPSA) is 55.5 Å². The van der Waals surface area contributed by atoms with Crippen LogP contribution in [0.1, 0.15) is 43.4 Å². The predicted molar refractivity (Wildman–Crippen MR) is 63.6 cm³/mol. The van der Waals surface area contributed by atoms with E-state index in [2.05, 4.69) is 13.8 Å². The Morgan fingerprint density at radius 2 is 2.19 bits per heavy atom. The van der Waals surface area contributed by atoms with Crippen molar-refractivity contribution >= 4 is 0 Å². The first-order valence-corrected chi connectivity index (χ1v) is 5.80. The highest BCUT2D eigenvalue weighted by Crippen LogP contribution is 2.36. The van der Waals surface area contributed by atoms with Crippen LogP contribution in [-0.4, -0.2) is 17.8 Å². The number of aliphatic hydroxyl groups is 1. The molecule has 3 nitrogen and oxygen atoms in total. The minimum Gasteiger partial charge on any atom is -0.493 e. The molecule has 1 aliphatic rings. The van der Waals surface area contributed by atoms with Crippen LogP contribution in [0.25, 0.3) is 0 Å². The smallest absolute Gasteiger partial charge is 0.128 e. The first kappa shape index (κ1) is 11.4. The van der Waals surface area contributed by atoms with Crippen molar-refractivity contribution in [1.82, 2.24) is 0 Å². The molecule has 0 aromatic heterocycles. The molecule has 0 bridgehead atoms. The van der Waals surface area contributed by atoms with Gasteiger partial charge in [0.25, 0.3) is 0 Å². The minimum absolute atomic E-state index is 0.233. The Morgan fingerprint density at radius 1 is 1.44 bits per heavy atom. The van der Waals surface area contributed by atoms with Crippen LogP contribution < -0.4 is 10.5 Å². The second-order valence-electron chi connectivity index (χ2n) is 4.67. The molecule has 0 amide bonds. The molecule has 0 radical (unpaired) electrons. The van der Waals surface area contributed by atoms with Gasteiger partial charge in [-0.05, 0) is 17.9 Å². The van der Waals surface area contributed by atoms with Crippen LogP contribution in [-0.2, 0) is 0 Å². The van der Waals surface area contributed by atoms with E-state index in [1.165, 1.54) is 0 Å². The number of aliphatic hydroxyl groups excluding tert-OH is 1. The van der Waals surface area contributed by atoms with E-state index in [-0.39, 0.29) is 6.04 Å². The van der Waals surface area contributed by atoms with Crippen LogP contribution in [0, 0.1) is 0 Å². The molecule has 2 rings (SSSR count). The summed E-state index contributed by atoms with van der Waals surface area (Å²) >= 11 is 0.